The van der Waals surface area contributed by atoms with Crippen molar-refractivity contribution in [2.75, 3.05) is 18.5 Å². The molecule has 1 saturated heterocycles. The van der Waals surface area contributed by atoms with Crippen LogP contribution in [0.3, 0.4) is 0 Å². The molecule has 2 aromatic carbocycles. The first-order chi connectivity index (χ1) is 25.0. The molecule has 4 unspecified atom stereocenters. The van der Waals surface area contributed by atoms with Gasteiger partial charge in [0.2, 0.25) is 5.79 Å². The van der Waals surface area contributed by atoms with Gasteiger partial charge in [0.25, 0.3) is 0 Å². The predicted molar refractivity (Wildman–Crippen MR) is 180 cm³/mol. The third-order valence-electron chi connectivity index (χ3n) is 9.56. The molecule has 54 heavy (non-hydrogen) atoms. The number of anilines is 1. The van der Waals surface area contributed by atoms with E-state index in [-0.39, 0.29) is 30.8 Å². The van der Waals surface area contributed by atoms with E-state index in [1.54, 1.807) is 20.8 Å². The van der Waals surface area contributed by atoms with Crippen molar-refractivity contribution in [3.8, 4) is 0 Å². The summed E-state index contributed by atoms with van der Waals surface area (Å²) in [6.07, 6.45) is -7.08. The van der Waals surface area contributed by atoms with E-state index in [4.69, 9.17) is 4.74 Å². The Morgan fingerprint density at radius 2 is 1.52 bits per heavy atom. The smallest absolute Gasteiger partial charge is 0.418 e. The molecular formula is C36H42F9N7O2. The van der Waals surface area contributed by atoms with Crippen molar-refractivity contribution in [2.24, 2.45) is 0 Å². The van der Waals surface area contributed by atoms with Gasteiger partial charge in [-0.25, -0.2) is 36.6 Å². The van der Waals surface area contributed by atoms with Crippen molar-refractivity contribution in [1.29, 1.82) is 0 Å². The predicted octanol–water partition coefficient (Wildman–Crippen LogP) is 8.46. The highest BCUT2D eigenvalue weighted by molar-refractivity contribution is 5.89. The number of carbonyl (C=O) groups is 1. The molecule has 1 fully saturated rings. The number of benzene rings is 2. The van der Waals surface area contributed by atoms with Crippen LogP contribution in [-0.4, -0.2) is 46.3 Å². The fourth-order valence-corrected chi connectivity index (χ4v) is 6.95. The van der Waals surface area contributed by atoms with Crippen molar-refractivity contribution >= 4 is 11.8 Å². The van der Waals surface area contributed by atoms with Gasteiger partial charge in [-0.1, -0.05) is 38.1 Å². The highest BCUT2D eigenvalue weighted by atomic mass is 19.4. The van der Waals surface area contributed by atoms with Crippen molar-refractivity contribution < 1.29 is 49.0 Å². The number of hydrogen-bond donors (Lipinski definition) is 3. The van der Waals surface area contributed by atoms with E-state index in [1.165, 1.54) is 20.9 Å². The van der Waals surface area contributed by atoms with Crippen molar-refractivity contribution in [3.63, 3.8) is 0 Å². The molecule has 0 bridgehead atoms. The summed E-state index contributed by atoms with van der Waals surface area (Å²) in [4.78, 5) is 18.7. The van der Waals surface area contributed by atoms with E-state index in [0.717, 1.165) is 59.4 Å². The lowest BCUT2D eigenvalue weighted by molar-refractivity contribution is -0.187. The van der Waals surface area contributed by atoms with E-state index in [2.05, 4.69) is 21.2 Å². The number of alkyl halides is 5. The van der Waals surface area contributed by atoms with Gasteiger partial charge in [0, 0.05) is 24.7 Å². The van der Waals surface area contributed by atoms with Crippen LogP contribution in [0.4, 0.5) is 50.0 Å². The zero-order valence-electron chi connectivity index (χ0n) is 30.7. The summed E-state index contributed by atoms with van der Waals surface area (Å²) in [7, 11) is 1.19. The van der Waals surface area contributed by atoms with Gasteiger partial charge >= 0.3 is 12.3 Å². The molecule has 3 N–H and O–H groups in total. The Morgan fingerprint density at radius 1 is 0.926 bits per heavy atom. The number of pyridine rings is 1. The van der Waals surface area contributed by atoms with Gasteiger partial charge < -0.3 is 4.74 Å². The second-order valence-electron chi connectivity index (χ2n) is 14.3. The number of halogens is 9. The number of hydrazine groups is 3. The molecule has 0 aliphatic carbocycles. The minimum atomic E-state index is -4.90. The van der Waals surface area contributed by atoms with E-state index in [1.807, 2.05) is 0 Å². The summed E-state index contributed by atoms with van der Waals surface area (Å²) in [5.74, 6) is -11.5. The van der Waals surface area contributed by atoms with Crippen molar-refractivity contribution in [3.05, 3.63) is 93.8 Å². The molecule has 0 saturated carbocycles. The molecule has 5 rings (SSSR count). The quantitative estimate of drug-likeness (QED) is 0.155. The largest absolute Gasteiger partial charge is 0.443 e. The molecule has 0 radical (unpaired) electrons. The van der Waals surface area contributed by atoms with Crippen LogP contribution in [0, 0.1) is 30.2 Å². The maximum atomic E-state index is 18.2. The Kier molecular flexibility index (Phi) is 11.1. The molecular weight excluding hydrogens is 733 g/mol. The number of nitrogens with one attached hydrogen (secondary N) is 3. The summed E-state index contributed by atoms with van der Waals surface area (Å²) < 4.78 is 144. The van der Waals surface area contributed by atoms with Crippen LogP contribution in [0.1, 0.15) is 94.4 Å². The summed E-state index contributed by atoms with van der Waals surface area (Å²) in [5, 5.41) is 4.46. The fraction of sp³-hybridized carbons (Fsp3) is 0.500. The van der Waals surface area contributed by atoms with E-state index < -0.39 is 99.7 Å². The molecule has 0 spiro atoms. The van der Waals surface area contributed by atoms with Gasteiger partial charge in [0.05, 0.1) is 28.7 Å². The number of ether oxygens (including phenoxy) is 1. The van der Waals surface area contributed by atoms with Crippen LogP contribution in [0.5, 0.6) is 0 Å². The Balaban J connectivity index is 1.74. The van der Waals surface area contributed by atoms with Gasteiger partial charge in [-0.15, -0.1) is 5.12 Å². The number of carbonyl (C=O) groups excluding carboxylic acids is 1. The van der Waals surface area contributed by atoms with Crippen LogP contribution < -0.4 is 21.1 Å². The second kappa shape index (κ2) is 14.6. The number of nitrogens with zero attached hydrogens (tertiary/aromatic N) is 4. The van der Waals surface area contributed by atoms with Crippen molar-refractivity contribution in [1.82, 2.24) is 31.4 Å². The summed E-state index contributed by atoms with van der Waals surface area (Å²) in [5.41, 5.74) is -2.59. The van der Waals surface area contributed by atoms with Gasteiger partial charge in [0.15, 0.2) is 34.7 Å². The lowest BCUT2D eigenvalue weighted by Crippen LogP contribution is -2.73. The molecule has 296 valence electrons. The molecule has 2 aliphatic rings. The van der Waals surface area contributed by atoms with Gasteiger partial charge in [-0.2, -0.15) is 23.7 Å². The van der Waals surface area contributed by atoms with Gasteiger partial charge in [-0.3, -0.25) is 15.2 Å². The van der Waals surface area contributed by atoms with Crippen LogP contribution in [0.15, 0.2) is 42.5 Å². The molecule has 9 nitrogen and oxygen atoms in total. The number of aromatic nitrogens is 1. The Hall–Kier alpha value is -3.97. The average molecular weight is 776 g/mol. The fourth-order valence-electron chi connectivity index (χ4n) is 6.95. The van der Waals surface area contributed by atoms with Gasteiger partial charge in [0.1, 0.15) is 5.60 Å². The third kappa shape index (κ3) is 7.25. The topological polar surface area (TPSA) is 85.0 Å². The first-order valence-corrected chi connectivity index (χ1v) is 17.3. The van der Waals surface area contributed by atoms with Crippen LogP contribution in [0.2, 0.25) is 0 Å². The second-order valence-corrected chi connectivity index (χ2v) is 14.3. The zero-order chi connectivity index (χ0) is 40.2. The highest BCUT2D eigenvalue weighted by Gasteiger charge is 2.63. The Bertz CT molecular complexity index is 1890. The summed E-state index contributed by atoms with van der Waals surface area (Å²) >= 11 is 0. The molecule has 1 amide bonds. The number of fused-ring (bicyclic) bond motifs is 1. The monoisotopic (exact) mass is 775 g/mol. The van der Waals surface area contributed by atoms with Crippen LogP contribution >= 0.6 is 0 Å². The highest BCUT2D eigenvalue weighted by Crippen LogP contribution is 2.47. The zero-order valence-corrected chi connectivity index (χ0v) is 30.7. The summed E-state index contributed by atoms with van der Waals surface area (Å²) in [6.45, 7) is 8.23. The van der Waals surface area contributed by atoms with Crippen molar-refractivity contribution in [2.45, 2.75) is 102 Å². The Labute approximate surface area is 306 Å². The molecule has 3 aromatic rings. The number of rotatable bonds is 8. The third-order valence-corrected chi connectivity index (χ3v) is 9.56. The number of aryl methyl sites for hydroxylation is 1. The maximum Gasteiger partial charge on any atom is 0.418 e. The first-order valence-electron chi connectivity index (χ1n) is 17.3. The van der Waals surface area contributed by atoms with Crippen LogP contribution in [0.25, 0.3) is 0 Å². The molecule has 18 heteroatoms. The van der Waals surface area contributed by atoms with Crippen LogP contribution in [-0.2, 0) is 22.4 Å². The summed E-state index contributed by atoms with van der Waals surface area (Å²) in [6, 6.07) is 5.06. The molecule has 1 aromatic heterocycles. The van der Waals surface area contributed by atoms with E-state index in [9.17, 15) is 26.7 Å². The lowest BCUT2D eigenvalue weighted by atomic mass is 9.84. The molecule has 4 atom stereocenters. The minimum absolute atomic E-state index is 0.0442. The maximum absolute atomic E-state index is 18.2. The lowest BCUT2D eigenvalue weighted by Gasteiger charge is -2.45. The standard InChI is InChI=1S/C36H42F9N7O2/c1-8-33(41,21-13-10-15-24(37)28(21)39)36(48-50(7)52(49-36)34(42,9-2)22-14-11-16-25(38)29(22)40)47-26-17-12-18-51(31(53)54-32(4,5)6)27-19-23(35(43,44)45)20(3)46-30(26)27/h10-11,13-16,19,26,47-49H,8-9,12,17-18H2,1-7H3. The molecule has 2 aliphatic heterocycles. The van der Waals surface area contributed by atoms with E-state index >= 15 is 17.6 Å². The van der Waals surface area contributed by atoms with Gasteiger partial charge in [-0.05, 0) is 71.6 Å². The SMILES string of the molecule is CCC(F)(c1cccc(F)c1F)N1NC(NC2CCCN(C(=O)OC(C)(C)C)c3cc(C(F)(F)F)c(C)nc32)(C(F)(CC)c2cccc(F)c2F)NN1C. The Morgan fingerprint density at radius 3 is 2.07 bits per heavy atom. The molecule has 3 heterocycles. The minimum Gasteiger partial charge on any atom is -0.443 e. The number of hydrogen-bond acceptors (Lipinski definition) is 8. The van der Waals surface area contributed by atoms with E-state index in [0.29, 0.717) is 5.12 Å². The average Bonchev–Trinajstić information content (AvgIpc) is 3.34. The number of amides is 1. The first kappa shape index (κ1) is 41.2. The normalized spacial score (nSPS) is 22.4.